The number of nitrogens with zero attached hydrogens (tertiary/aromatic N) is 2. The van der Waals surface area contributed by atoms with Crippen LogP contribution in [0.3, 0.4) is 0 Å². The Morgan fingerprint density at radius 1 is 1.38 bits per heavy atom. The van der Waals surface area contributed by atoms with Crippen LogP contribution in [0.4, 0.5) is 10.5 Å². The summed E-state index contributed by atoms with van der Waals surface area (Å²) in [6.07, 6.45) is 1.44. The fourth-order valence-electron chi connectivity index (χ4n) is 2.18. The molecule has 5 nitrogen and oxygen atoms in total. The fraction of sp³-hybridized carbons (Fsp3) is 0.333. The predicted octanol–water partition coefficient (Wildman–Crippen LogP) is 3.33. The number of halogens is 1. The molecule has 0 radical (unpaired) electrons. The number of amides is 2. The van der Waals surface area contributed by atoms with Crippen molar-refractivity contribution >= 4 is 23.3 Å². The van der Waals surface area contributed by atoms with Crippen LogP contribution in [0.25, 0.3) is 0 Å². The molecular formula is C15H18ClN3O2. The molecule has 0 aliphatic carbocycles. The number of benzene rings is 1. The molecule has 0 fully saturated rings. The van der Waals surface area contributed by atoms with Crippen molar-refractivity contribution < 1.29 is 9.32 Å². The average molecular weight is 308 g/mol. The molecule has 0 spiro atoms. The molecule has 2 N–H and O–H groups in total. The Balaban J connectivity index is 2.17. The summed E-state index contributed by atoms with van der Waals surface area (Å²) in [6.45, 7) is 4.24. The Kier molecular flexibility index (Phi) is 4.85. The van der Waals surface area contributed by atoms with Crippen LogP contribution in [-0.2, 0) is 12.8 Å². The number of aryl methyl sites for hydroxylation is 3. The third kappa shape index (κ3) is 3.76. The molecule has 0 aliphatic rings. The molecule has 2 amide bonds. The maximum atomic E-state index is 11.4. The van der Waals surface area contributed by atoms with E-state index in [1.165, 1.54) is 4.90 Å². The van der Waals surface area contributed by atoms with Crippen LogP contribution in [0.15, 0.2) is 28.8 Å². The zero-order valence-electron chi connectivity index (χ0n) is 12.1. The highest BCUT2D eigenvalue weighted by atomic mass is 35.5. The van der Waals surface area contributed by atoms with Gasteiger partial charge in [0.15, 0.2) is 0 Å². The maximum Gasteiger partial charge on any atom is 0.319 e. The lowest BCUT2D eigenvalue weighted by atomic mass is 10.1. The van der Waals surface area contributed by atoms with Crippen molar-refractivity contribution in [2.45, 2.75) is 26.7 Å². The second-order valence-electron chi connectivity index (χ2n) is 4.79. The van der Waals surface area contributed by atoms with Crippen LogP contribution >= 0.6 is 11.6 Å². The van der Waals surface area contributed by atoms with Crippen LogP contribution < -0.4 is 10.6 Å². The number of carbonyl (C=O) groups excluding carboxylic acids is 1. The normalized spacial score (nSPS) is 10.6. The highest BCUT2D eigenvalue weighted by Crippen LogP contribution is 2.24. The van der Waals surface area contributed by atoms with Gasteiger partial charge in [-0.3, -0.25) is 4.90 Å². The SMILES string of the molecule is CCN(C(N)=O)c1ccc(Cl)c(CCc2cc(C)on2)c1. The van der Waals surface area contributed by atoms with Gasteiger partial charge in [0, 0.05) is 23.3 Å². The monoisotopic (exact) mass is 307 g/mol. The second kappa shape index (κ2) is 6.63. The molecule has 21 heavy (non-hydrogen) atoms. The van der Waals surface area contributed by atoms with E-state index in [1.807, 2.05) is 26.0 Å². The third-order valence-corrected chi connectivity index (χ3v) is 3.62. The molecule has 2 aromatic rings. The van der Waals surface area contributed by atoms with Crippen LogP contribution in [0, 0.1) is 6.92 Å². The Bertz CT molecular complexity index is 640. The first-order valence-corrected chi connectivity index (χ1v) is 7.16. The number of urea groups is 1. The number of hydrogen-bond acceptors (Lipinski definition) is 3. The van der Waals surface area contributed by atoms with Gasteiger partial charge in [0.05, 0.1) is 5.69 Å². The van der Waals surface area contributed by atoms with Gasteiger partial charge < -0.3 is 10.3 Å². The minimum atomic E-state index is -0.474. The number of nitrogens with two attached hydrogens (primary N) is 1. The highest BCUT2D eigenvalue weighted by Gasteiger charge is 2.12. The first-order chi connectivity index (χ1) is 10.0. The molecule has 0 saturated carbocycles. The summed E-state index contributed by atoms with van der Waals surface area (Å²) in [5.74, 6) is 0.788. The Morgan fingerprint density at radius 3 is 2.71 bits per heavy atom. The first kappa shape index (κ1) is 15.4. The average Bonchev–Trinajstić information content (AvgIpc) is 2.85. The molecule has 0 aliphatic heterocycles. The number of anilines is 1. The highest BCUT2D eigenvalue weighted by molar-refractivity contribution is 6.31. The summed E-state index contributed by atoms with van der Waals surface area (Å²) < 4.78 is 5.04. The lowest BCUT2D eigenvalue weighted by Crippen LogP contribution is -2.35. The fourth-order valence-corrected chi connectivity index (χ4v) is 2.40. The van der Waals surface area contributed by atoms with Crippen LogP contribution in [0.2, 0.25) is 5.02 Å². The molecule has 1 aromatic heterocycles. The van der Waals surface area contributed by atoms with Crippen molar-refractivity contribution in [1.82, 2.24) is 5.16 Å². The molecular weight excluding hydrogens is 290 g/mol. The van der Waals surface area contributed by atoms with Gasteiger partial charge in [-0.15, -0.1) is 0 Å². The minimum absolute atomic E-state index is 0.474. The van der Waals surface area contributed by atoms with Gasteiger partial charge in [0.1, 0.15) is 5.76 Å². The van der Waals surface area contributed by atoms with Crippen molar-refractivity contribution in [2.24, 2.45) is 5.73 Å². The van der Waals surface area contributed by atoms with E-state index in [0.29, 0.717) is 11.6 Å². The number of carbonyl (C=O) groups is 1. The lowest BCUT2D eigenvalue weighted by Gasteiger charge is -2.19. The molecule has 0 unspecified atom stereocenters. The quantitative estimate of drug-likeness (QED) is 0.921. The van der Waals surface area contributed by atoms with Crippen molar-refractivity contribution in [3.63, 3.8) is 0 Å². The smallest absolute Gasteiger partial charge is 0.319 e. The molecule has 1 heterocycles. The Labute approximate surface area is 128 Å². The third-order valence-electron chi connectivity index (χ3n) is 3.25. The van der Waals surface area contributed by atoms with E-state index in [9.17, 15) is 4.79 Å². The summed E-state index contributed by atoms with van der Waals surface area (Å²) >= 11 is 6.22. The Hall–Kier alpha value is -2.01. The van der Waals surface area contributed by atoms with E-state index >= 15 is 0 Å². The molecule has 112 valence electrons. The first-order valence-electron chi connectivity index (χ1n) is 6.79. The van der Waals surface area contributed by atoms with Gasteiger partial charge in [-0.05, 0) is 50.5 Å². The van der Waals surface area contributed by atoms with E-state index in [1.54, 1.807) is 12.1 Å². The van der Waals surface area contributed by atoms with Crippen molar-refractivity contribution in [3.8, 4) is 0 Å². The van der Waals surface area contributed by atoms with Crippen LogP contribution in [-0.4, -0.2) is 17.7 Å². The maximum absolute atomic E-state index is 11.4. The van der Waals surface area contributed by atoms with Gasteiger partial charge in [0.25, 0.3) is 0 Å². The molecule has 0 saturated heterocycles. The van der Waals surface area contributed by atoms with Gasteiger partial charge in [-0.25, -0.2) is 4.79 Å². The molecule has 1 aromatic carbocycles. The largest absolute Gasteiger partial charge is 0.361 e. The van der Waals surface area contributed by atoms with E-state index in [-0.39, 0.29) is 0 Å². The molecule has 2 rings (SSSR count). The van der Waals surface area contributed by atoms with Gasteiger partial charge >= 0.3 is 6.03 Å². The van der Waals surface area contributed by atoms with E-state index in [2.05, 4.69) is 5.16 Å². The number of rotatable bonds is 5. The predicted molar refractivity (Wildman–Crippen MR) is 82.7 cm³/mol. The standard InChI is InChI=1S/C15H18ClN3O2/c1-3-19(15(17)20)13-6-7-14(16)11(9-13)4-5-12-8-10(2)21-18-12/h6-9H,3-5H2,1-2H3,(H2,17,20). The number of hydrogen-bond donors (Lipinski definition) is 1. The zero-order valence-corrected chi connectivity index (χ0v) is 12.9. The van der Waals surface area contributed by atoms with Crippen LogP contribution in [0.1, 0.15) is 23.9 Å². The summed E-state index contributed by atoms with van der Waals surface area (Å²) in [7, 11) is 0. The number of aromatic nitrogens is 1. The lowest BCUT2D eigenvalue weighted by molar-refractivity contribution is 0.254. The second-order valence-corrected chi connectivity index (χ2v) is 5.19. The molecule has 0 atom stereocenters. The summed E-state index contributed by atoms with van der Waals surface area (Å²) in [4.78, 5) is 12.9. The van der Waals surface area contributed by atoms with Crippen molar-refractivity contribution in [2.75, 3.05) is 11.4 Å². The minimum Gasteiger partial charge on any atom is -0.361 e. The van der Waals surface area contributed by atoms with Crippen molar-refractivity contribution in [1.29, 1.82) is 0 Å². The Morgan fingerprint density at radius 2 is 2.14 bits per heavy atom. The van der Waals surface area contributed by atoms with E-state index in [0.717, 1.165) is 35.5 Å². The van der Waals surface area contributed by atoms with E-state index < -0.39 is 6.03 Å². The summed E-state index contributed by atoms with van der Waals surface area (Å²) in [6, 6.07) is 6.90. The summed E-state index contributed by atoms with van der Waals surface area (Å²) in [5.41, 5.74) is 7.96. The van der Waals surface area contributed by atoms with Crippen molar-refractivity contribution in [3.05, 3.63) is 46.3 Å². The van der Waals surface area contributed by atoms with Gasteiger partial charge in [-0.1, -0.05) is 16.8 Å². The van der Waals surface area contributed by atoms with E-state index in [4.69, 9.17) is 21.9 Å². The molecule has 6 heteroatoms. The number of primary amides is 1. The van der Waals surface area contributed by atoms with Gasteiger partial charge in [0.2, 0.25) is 0 Å². The van der Waals surface area contributed by atoms with Crippen LogP contribution in [0.5, 0.6) is 0 Å². The zero-order chi connectivity index (χ0) is 15.4. The van der Waals surface area contributed by atoms with Gasteiger partial charge in [-0.2, -0.15) is 0 Å². The molecule has 0 bridgehead atoms. The summed E-state index contributed by atoms with van der Waals surface area (Å²) in [5, 5.41) is 4.63. The topological polar surface area (TPSA) is 72.4 Å².